The maximum atomic E-state index is 11.6. The van der Waals surface area contributed by atoms with Gasteiger partial charge in [0.25, 0.3) is 0 Å². The first-order valence-electron chi connectivity index (χ1n) is 11.6. The first kappa shape index (κ1) is 24.4. The van der Waals surface area contributed by atoms with Crippen molar-refractivity contribution in [3.63, 3.8) is 0 Å². The summed E-state index contributed by atoms with van der Waals surface area (Å²) in [5.74, 6) is 0.242. The number of benzene rings is 2. The summed E-state index contributed by atoms with van der Waals surface area (Å²) in [5.41, 5.74) is 10.1. The number of fused-ring (bicyclic) bond motifs is 2. The van der Waals surface area contributed by atoms with Crippen LogP contribution >= 0.6 is 0 Å². The Bertz CT molecular complexity index is 1110. The van der Waals surface area contributed by atoms with Crippen molar-refractivity contribution in [3.05, 3.63) is 64.2 Å². The van der Waals surface area contributed by atoms with Gasteiger partial charge < -0.3 is 10.6 Å². The fourth-order valence-electron chi connectivity index (χ4n) is 4.55. The first-order valence-corrected chi connectivity index (χ1v) is 11.6. The van der Waals surface area contributed by atoms with Gasteiger partial charge in [0.05, 0.1) is 0 Å². The van der Waals surface area contributed by atoms with Crippen molar-refractivity contribution in [2.45, 2.75) is 72.6 Å². The summed E-state index contributed by atoms with van der Waals surface area (Å²) in [5, 5.41) is 5.70. The summed E-state index contributed by atoms with van der Waals surface area (Å²) in [6, 6.07) is 8.28. The summed E-state index contributed by atoms with van der Waals surface area (Å²) in [6.45, 7) is 11.1. The molecule has 5 heteroatoms. The van der Waals surface area contributed by atoms with Crippen LogP contribution in [0.5, 0.6) is 0 Å². The lowest BCUT2D eigenvalue weighted by molar-refractivity contribution is -0.118. The second-order valence-corrected chi connectivity index (χ2v) is 9.15. The number of Topliss-reactive ketones (excluding diaryl/α,β-unsaturated/α-hetero) is 1. The zero-order valence-electron chi connectivity index (χ0n) is 20.2. The lowest BCUT2D eigenvalue weighted by Gasteiger charge is -2.20. The largest absolute Gasteiger partial charge is 0.326 e. The molecule has 0 saturated heterocycles. The Labute approximate surface area is 196 Å². The van der Waals surface area contributed by atoms with Crippen LogP contribution < -0.4 is 10.6 Å². The smallest absolute Gasteiger partial charge is 0.221 e. The minimum atomic E-state index is -0.0576. The molecule has 2 aromatic rings. The van der Waals surface area contributed by atoms with E-state index in [9.17, 15) is 14.4 Å². The number of allylic oxidation sites excluding steroid dienone is 1. The van der Waals surface area contributed by atoms with Crippen LogP contribution in [0.25, 0.3) is 5.57 Å². The van der Waals surface area contributed by atoms with Crippen LogP contribution in [0.3, 0.4) is 0 Å². The molecular formula is C28H34N2O3. The highest BCUT2D eigenvalue weighted by molar-refractivity contribution is 5.91. The average molecular weight is 447 g/mol. The molecule has 0 bridgehead atoms. The van der Waals surface area contributed by atoms with Gasteiger partial charge in [0, 0.05) is 38.1 Å². The molecule has 0 aliphatic heterocycles. The number of rotatable bonds is 2. The number of carbonyl (C=O) groups is 3. The second kappa shape index (κ2) is 10.6. The van der Waals surface area contributed by atoms with E-state index in [-0.39, 0.29) is 11.8 Å². The molecule has 2 aromatic carbocycles. The third kappa shape index (κ3) is 6.41. The van der Waals surface area contributed by atoms with E-state index in [4.69, 9.17) is 0 Å². The van der Waals surface area contributed by atoms with E-state index in [2.05, 4.69) is 29.3 Å². The van der Waals surface area contributed by atoms with Gasteiger partial charge in [-0.05, 0) is 103 Å². The van der Waals surface area contributed by atoms with Crippen molar-refractivity contribution >= 4 is 34.5 Å². The summed E-state index contributed by atoms with van der Waals surface area (Å²) in [7, 11) is 0. The quantitative estimate of drug-likeness (QED) is 0.581. The monoisotopic (exact) mass is 446 g/mol. The van der Waals surface area contributed by atoms with Crippen LogP contribution in [0.15, 0.2) is 30.8 Å². The van der Waals surface area contributed by atoms with Gasteiger partial charge in [-0.1, -0.05) is 12.6 Å². The summed E-state index contributed by atoms with van der Waals surface area (Å²) >= 11 is 0. The standard InChI is InChI=1S/C14H17NO2.C14H17NO/c1-9-6-12-7-13(17)5-3-4-11(12)8-14(9)15-10(2)16;1-9-5-4-6-12-8-14(15-11(3)16)10(2)7-13(9)12/h6,8H,3-5,7H2,1-2H3,(H,15,16);7-8H,1,4-6H2,2-3H3,(H,15,16). The number of hydrogen-bond acceptors (Lipinski definition) is 3. The van der Waals surface area contributed by atoms with Crippen LogP contribution in [0, 0.1) is 13.8 Å². The maximum absolute atomic E-state index is 11.6. The molecule has 0 heterocycles. The van der Waals surface area contributed by atoms with E-state index >= 15 is 0 Å². The lowest BCUT2D eigenvalue weighted by Crippen LogP contribution is -2.10. The number of aryl methyl sites for hydroxylation is 4. The Morgan fingerprint density at radius 2 is 1.30 bits per heavy atom. The van der Waals surface area contributed by atoms with E-state index in [0.29, 0.717) is 18.6 Å². The Hall–Kier alpha value is -3.21. The topological polar surface area (TPSA) is 75.3 Å². The predicted molar refractivity (Wildman–Crippen MR) is 135 cm³/mol. The summed E-state index contributed by atoms with van der Waals surface area (Å²) < 4.78 is 0. The van der Waals surface area contributed by atoms with Gasteiger partial charge in [-0.3, -0.25) is 14.4 Å². The number of hydrogen-bond donors (Lipinski definition) is 2. The number of anilines is 2. The van der Waals surface area contributed by atoms with E-state index in [1.165, 1.54) is 36.1 Å². The van der Waals surface area contributed by atoms with Gasteiger partial charge in [0.1, 0.15) is 5.78 Å². The van der Waals surface area contributed by atoms with Crippen molar-refractivity contribution in [2.24, 2.45) is 0 Å². The molecule has 0 radical (unpaired) electrons. The molecule has 0 atom stereocenters. The number of carbonyl (C=O) groups excluding carboxylic acids is 3. The highest BCUT2D eigenvalue weighted by Crippen LogP contribution is 2.33. The molecule has 174 valence electrons. The predicted octanol–water partition coefficient (Wildman–Crippen LogP) is 5.70. The number of nitrogens with one attached hydrogen (secondary N) is 2. The van der Waals surface area contributed by atoms with Crippen molar-refractivity contribution < 1.29 is 14.4 Å². The zero-order valence-corrected chi connectivity index (χ0v) is 20.2. The van der Waals surface area contributed by atoms with Gasteiger partial charge in [-0.2, -0.15) is 0 Å². The molecule has 0 fully saturated rings. The van der Waals surface area contributed by atoms with Gasteiger partial charge >= 0.3 is 0 Å². The van der Waals surface area contributed by atoms with Crippen molar-refractivity contribution in [1.82, 2.24) is 0 Å². The van der Waals surface area contributed by atoms with Crippen LogP contribution in [-0.4, -0.2) is 17.6 Å². The van der Waals surface area contributed by atoms with Crippen molar-refractivity contribution in [1.29, 1.82) is 0 Å². The zero-order chi connectivity index (χ0) is 24.1. The van der Waals surface area contributed by atoms with Crippen molar-refractivity contribution in [2.75, 3.05) is 10.6 Å². The molecule has 2 aliphatic carbocycles. The van der Waals surface area contributed by atoms with Crippen LogP contribution in [0.4, 0.5) is 11.4 Å². The molecule has 33 heavy (non-hydrogen) atoms. The molecule has 2 amide bonds. The highest BCUT2D eigenvalue weighted by atomic mass is 16.2. The third-order valence-electron chi connectivity index (χ3n) is 6.21. The molecule has 2 N–H and O–H groups in total. The Morgan fingerprint density at radius 3 is 1.94 bits per heavy atom. The molecule has 0 spiro atoms. The first-order chi connectivity index (χ1) is 15.6. The van der Waals surface area contributed by atoms with Gasteiger partial charge in [0.15, 0.2) is 0 Å². The lowest BCUT2D eigenvalue weighted by atomic mass is 9.86. The van der Waals surface area contributed by atoms with Crippen LogP contribution in [0.2, 0.25) is 0 Å². The van der Waals surface area contributed by atoms with Gasteiger partial charge in [0.2, 0.25) is 11.8 Å². The van der Waals surface area contributed by atoms with Crippen LogP contribution in [-0.2, 0) is 33.6 Å². The number of amides is 2. The van der Waals surface area contributed by atoms with Crippen molar-refractivity contribution in [3.8, 4) is 0 Å². The maximum Gasteiger partial charge on any atom is 0.221 e. The molecule has 0 unspecified atom stereocenters. The average Bonchev–Trinajstić information content (AvgIpc) is 2.90. The number of ketones is 1. The molecule has 5 nitrogen and oxygen atoms in total. The van der Waals surface area contributed by atoms with E-state index in [1.54, 1.807) is 0 Å². The Balaban J connectivity index is 0.000000186. The molecule has 4 rings (SSSR count). The Kier molecular flexibility index (Phi) is 7.85. The SMILES string of the molecule is C=C1CCCc2cc(NC(C)=O)c(C)cc21.CC(=O)Nc1cc2c(cc1C)CC(=O)CCC2. The Morgan fingerprint density at radius 1 is 0.758 bits per heavy atom. The fourth-order valence-corrected chi connectivity index (χ4v) is 4.55. The molecule has 0 saturated carbocycles. The minimum Gasteiger partial charge on any atom is -0.326 e. The van der Waals surface area contributed by atoms with Gasteiger partial charge in [-0.25, -0.2) is 0 Å². The van der Waals surface area contributed by atoms with E-state index < -0.39 is 0 Å². The second-order valence-electron chi connectivity index (χ2n) is 9.15. The fraction of sp³-hybridized carbons (Fsp3) is 0.393. The molecule has 0 aromatic heterocycles. The van der Waals surface area contributed by atoms with E-state index in [0.717, 1.165) is 60.2 Å². The molecular weight excluding hydrogens is 412 g/mol. The van der Waals surface area contributed by atoms with Crippen LogP contribution in [0.1, 0.15) is 72.9 Å². The van der Waals surface area contributed by atoms with Gasteiger partial charge in [-0.15, -0.1) is 0 Å². The summed E-state index contributed by atoms with van der Waals surface area (Å²) in [6.07, 6.45) is 6.38. The summed E-state index contributed by atoms with van der Waals surface area (Å²) in [4.78, 5) is 33.7. The normalized spacial score (nSPS) is 14.8. The van der Waals surface area contributed by atoms with E-state index in [1.807, 2.05) is 26.0 Å². The minimum absolute atomic E-state index is 0.0160. The highest BCUT2D eigenvalue weighted by Gasteiger charge is 2.16. The molecule has 2 aliphatic rings. The third-order valence-corrected chi connectivity index (χ3v) is 6.21.